The summed E-state index contributed by atoms with van der Waals surface area (Å²) in [5.41, 5.74) is 0. The molecule has 1 saturated heterocycles. The summed E-state index contributed by atoms with van der Waals surface area (Å²) in [5, 5.41) is 13.2. The lowest BCUT2D eigenvalue weighted by Crippen LogP contribution is -2.44. The van der Waals surface area contributed by atoms with Crippen LogP contribution in [0.4, 0.5) is 0 Å². The molecule has 1 heterocycles. The zero-order chi connectivity index (χ0) is 9.80. The number of hydrogen-bond acceptors (Lipinski definition) is 2. The first kappa shape index (κ1) is 10.4. The predicted molar refractivity (Wildman–Crippen MR) is 58.2 cm³/mol. The second-order valence-corrected chi connectivity index (χ2v) is 4.99. The van der Waals surface area contributed by atoms with E-state index in [1.807, 2.05) is 0 Å². The van der Waals surface area contributed by atoms with E-state index in [0.717, 1.165) is 25.3 Å². The maximum atomic E-state index is 9.64. The Balaban J connectivity index is 1.85. The first-order chi connectivity index (χ1) is 6.86. The standard InChI is InChI=1S/C12H23NO/c14-11-7-8-13-12(9-11)10-5-3-1-2-4-6-10/h10-14H,1-9H2. The van der Waals surface area contributed by atoms with Crippen LogP contribution in [0.5, 0.6) is 0 Å². The molecule has 2 aliphatic rings. The van der Waals surface area contributed by atoms with Gasteiger partial charge in [0, 0.05) is 6.04 Å². The van der Waals surface area contributed by atoms with Crippen molar-refractivity contribution in [3.8, 4) is 0 Å². The maximum Gasteiger partial charge on any atom is 0.0567 e. The van der Waals surface area contributed by atoms with Crippen LogP contribution in [0.1, 0.15) is 51.4 Å². The smallest absolute Gasteiger partial charge is 0.0567 e. The van der Waals surface area contributed by atoms with Crippen LogP contribution in [0, 0.1) is 5.92 Å². The van der Waals surface area contributed by atoms with Gasteiger partial charge in [-0.1, -0.05) is 25.7 Å². The molecule has 2 unspecified atom stereocenters. The molecule has 0 aromatic carbocycles. The van der Waals surface area contributed by atoms with Crippen LogP contribution in [0.25, 0.3) is 0 Å². The first-order valence-corrected chi connectivity index (χ1v) is 6.28. The summed E-state index contributed by atoms with van der Waals surface area (Å²) < 4.78 is 0. The van der Waals surface area contributed by atoms with Crippen LogP contribution in [0.2, 0.25) is 0 Å². The number of rotatable bonds is 1. The van der Waals surface area contributed by atoms with Gasteiger partial charge in [0.05, 0.1) is 6.10 Å². The Morgan fingerprint density at radius 2 is 1.64 bits per heavy atom. The number of aliphatic hydroxyl groups is 1. The van der Waals surface area contributed by atoms with Crippen LogP contribution in [0.3, 0.4) is 0 Å². The van der Waals surface area contributed by atoms with Crippen molar-refractivity contribution in [1.82, 2.24) is 5.32 Å². The predicted octanol–water partition coefficient (Wildman–Crippen LogP) is 2.07. The molecule has 0 aromatic rings. The highest BCUT2D eigenvalue weighted by molar-refractivity contribution is 4.84. The average Bonchev–Trinajstić information content (AvgIpc) is 2.45. The number of aliphatic hydroxyl groups excluding tert-OH is 1. The molecule has 2 fully saturated rings. The van der Waals surface area contributed by atoms with Gasteiger partial charge in [0.1, 0.15) is 0 Å². The molecule has 2 heteroatoms. The fourth-order valence-electron chi connectivity index (χ4n) is 3.00. The zero-order valence-electron chi connectivity index (χ0n) is 9.04. The van der Waals surface area contributed by atoms with Gasteiger partial charge in [-0.2, -0.15) is 0 Å². The van der Waals surface area contributed by atoms with Crippen molar-refractivity contribution in [2.24, 2.45) is 5.92 Å². The lowest BCUT2D eigenvalue weighted by molar-refractivity contribution is 0.0968. The van der Waals surface area contributed by atoms with Gasteiger partial charge < -0.3 is 10.4 Å². The van der Waals surface area contributed by atoms with Crippen LogP contribution in [-0.4, -0.2) is 23.8 Å². The quantitative estimate of drug-likeness (QED) is 0.631. The topological polar surface area (TPSA) is 32.3 Å². The Kier molecular flexibility index (Phi) is 3.82. The van der Waals surface area contributed by atoms with E-state index in [0.29, 0.717) is 6.04 Å². The fraction of sp³-hybridized carbons (Fsp3) is 1.00. The van der Waals surface area contributed by atoms with E-state index >= 15 is 0 Å². The summed E-state index contributed by atoms with van der Waals surface area (Å²) in [7, 11) is 0. The Morgan fingerprint density at radius 1 is 0.929 bits per heavy atom. The van der Waals surface area contributed by atoms with Crippen molar-refractivity contribution in [3.05, 3.63) is 0 Å². The summed E-state index contributed by atoms with van der Waals surface area (Å²) in [6.07, 6.45) is 10.3. The van der Waals surface area contributed by atoms with Crippen LogP contribution in [0.15, 0.2) is 0 Å². The second kappa shape index (κ2) is 5.13. The van der Waals surface area contributed by atoms with Crippen LogP contribution in [-0.2, 0) is 0 Å². The van der Waals surface area contributed by atoms with Gasteiger partial charge in [0.15, 0.2) is 0 Å². The number of piperidine rings is 1. The van der Waals surface area contributed by atoms with Crippen molar-refractivity contribution < 1.29 is 5.11 Å². The molecule has 82 valence electrons. The SMILES string of the molecule is OC1CCNC(C2CCCCCC2)C1. The molecule has 2 N–H and O–H groups in total. The van der Waals surface area contributed by atoms with Gasteiger partial charge in [-0.15, -0.1) is 0 Å². The monoisotopic (exact) mass is 197 g/mol. The molecule has 0 spiro atoms. The van der Waals surface area contributed by atoms with E-state index in [1.165, 1.54) is 38.5 Å². The summed E-state index contributed by atoms with van der Waals surface area (Å²) in [6.45, 7) is 1.02. The van der Waals surface area contributed by atoms with Crippen LogP contribution >= 0.6 is 0 Å². The van der Waals surface area contributed by atoms with E-state index in [9.17, 15) is 5.11 Å². The lowest BCUT2D eigenvalue weighted by Gasteiger charge is -2.33. The van der Waals surface area contributed by atoms with Crippen molar-refractivity contribution in [2.75, 3.05) is 6.54 Å². The van der Waals surface area contributed by atoms with Crippen molar-refractivity contribution in [2.45, 2.75) is 63.5 Å². The third-order valence-electron chi connectivity index (χ3n) is 3.88. The van der Waals surface area contributed by atoms with E-state index in [2.05, 4.69) is 5.32 Å². The summed E-state index contributed by atoms with van der Waals surface area (Å²) >= 11 is 0. The first-order valence-electron chi connectivity index (χ1n) is 6.28. The summed E-state index contributed by atoms with van der Waals surface area (Å²) in [6, 6.07) is 0.608. The normalized spacial score (nSPS) is 36.6. The van der Waals surface area contributed by atoms with Gasteiger partial charge in [0.25, 0.3) is 0 Å². The fourth-order valence-corrected chi connectivity index (χ4v) is 3.00. The molecule has 2 rings (SSSR count). The Hall–Kier alpha value is -0.0800. The highest BCUT2D eigenvalue weighted by atomic mass is 16.3. The van der Waals surface area contributed by atoms with E-state index < -0.39 is 0 Å². The minimum absolute atomic E-state index is 0.0375. The maximum absolute atomic E-state index is 9.64. The molecular formula is C12H23NO. The number of nitrogens with one attached hydrogen (secondary N) is 1. The van der Waals surface area contributed by atoms with E-state index in [4.69, 9.17) is 0 Å². The Morgan fingerprint density at radius 3 is 2.29 bits per heavy atom. The molecule has 0 bridgehead atoms. The number of hydrogen-bond donors (Lipinski definition) is 2. The van der Waals surface area contributed by atoms with Gasteiger partial charge in [-0.05, 0) is 38.1 Å². The highest BCUT2D eigenvalue weighted by Gasteiger charge is 2.27. The lowest BCUT2D eigenvalue weighted by atomic mass is 9.86. The zero-order valence-corrected chi connectivity index (χ0v) is 9.04. The molecule has 0 radical (unpaired) electrons. The molecule has 0 amide bonds. The minimum Gasteiger partial charge on any atom is -0.393 e. The minimum atomic E-state index is -0.0375. The van der Waals surface area contributed by atoms with Gasteiger partial charge in [0.2, 0.25) is 0 Å². The summed E-state index contributed by atoms with van der Waals surface area (Å²) in [4.78, 5) is 0. The Labute approximate surface area is 87.1 Å². The third kappa shape index (κ3) is 2.71. The second-order valence-electron chi connectivity index (χ2n) is 4.99. The molecule has 0 aromatic heterocycles. The molecule has 2 nitrogen and oxygen atoms in total. The molecule has 14 heavy (non-hydrogen) atoms. The summed E-state index contributed by atoms with van der Waals surface area (Å²) in [5.74, 6) is 0.840. The average molecular weight is 197 g/mol. The van der Waals surface area contributed by atoms with E-state index in [-0.39, 0.29) is 6.10 Å². The van der Waals surface area contributed by atoms with Gasteiger partial charge in [-0.25, -0.2) is 0 Å². The molecule has 2 atom stereocenters. The molecule has 1 aliphatic carbocycles. The van der Waals surface area contributed by atoms with E-state index in [1.54, 1.807) is 0 Å². The highest BCUT2D eigenvalue weighted by Crippen LogP contribution is 2.28. The third-order valence-corrected chi connectivity index (χ3v) is 3.88. The van der Waals surface area contributed by atoms with Crippen LogP contribution < -0.4 is 5.32 Å². The van der Waals surface area contributed by atoms with Gasteiger partial charge >= 0.3 is 0 Å². The van der Waals surface area contributed by atoms with Crippen molar-refractivity contribution in [1.29, 1.82) is 0 Å². The Bertz CT molecular complexity index is 164. The molecule has 1 saturated carbocycles. The molecular weight excluding hydrogens is 174 g/mol. The van der Waals surface area contributed by atoms with Crippen molar-refractivity contribution in [3.63, 3.8) is 0 Å². The van der Waals surface area contributed by atoms with Gasteiger partial charge in [-0.3, -0.25) is 0 Å². The largest absolute Gasteiger partial charge is 0.393 e. The molecule has 1 aliphatic heterocycles. The van der Waals surface area contributed by atoms with Crippen molar-refractivity contribution >= 4 is 0 Å².